The number of alkyl halides is 2. The van der Waals surface area contributed by atoms with Crippen LogP contribution in [-0.2, 0) is 22.5 Å². The van der Waals surface area contributed by atoms with E-state index < -0.39 is 52.2 Å². The monoisotopic (exact) mass is 681 g/mol. The number of pyridine rings is 2. The molecule has 2 atom stereocenters. The summed E-state index contributed by atoms with van der Waals surface area (Å²) in [5.74, 6) is -3.96. The molecule has 2 fully saturated rings. The van der Waals surface area contributed by atoms with Gasteiger partial charge in [-0.2, -0.15) is 13.8 Å². The predicted molar refractivity (Wildman–Crippen MR) is 174 cm³/mol. The number of rotatable bonds is 7. The Morgan fingerprint density at radius 3 is 2.48 bits per heavy atom. The third kappa shape index (κ3) is 6.23. The van der Waals surface area contributed by atoms with Crippen molar-refractivity contribution in [3.63, 3.8) is 0 Å². The lowest BCUT2D eigenvalue weighted by molar-refractivity contribution is -0.116. The van der Waals surface area contributed by atoms with Gasteiger partial charge in [0.25, 0.3) is 5.92 Å². The zero-order valence-corrected chi connectivity index (χ0v) is 28.0. The van der Waals surface area contributed by atoms with Gasteiger partial charge >= 0.3 is 0 Å². The van der Waals surface area contributed by atoms with Crippen LogP contribution in [0.5, 0.6) is 0 Å². The molecule has 0 aromatic carbocycles. The number of nitrogens with two attached hydrogens (primary N) is 1. The van der Waals surface area contributed by atoms with Crippen LogP contribution in [0.3, 0.4) is 0 Å². The fraction of sp³-hybridized carbons (Fsp3) is 0.441. The quantitative estimate of drug-likeness (QED) is 0.246. The van der Waals surface area contributed by atoms with Gasteiger partial charge in [-0.15, -0.1) is 0 Å². The second kappa shape index (κ2) is 12.1. The van der Waals surface area contributed by atoms with Crippen LogP contribution in [0.4, 0.5) is 18.9 Å². The number of fused-ring (bicyclic) bond motifs is 1. The van der Waals surface area contributed by atoms with Crippen molar-refractivity contribution in [2.75, 3.05) is 0 Å². The van der Waals surface area contributed by atoms with Gasteiger partial charge in [-0.25, -0.2) is 27.2 Å². The standard InChI is InChI=1S/C34H38F3N7O3S/c1-32(2,3)22-9-10-39-29(11-22)31(45)33-13-21(17-38)28(42-24-6-8-30(35)40-18-24)12-23(33)5-7-25(14-33)44(26-15-34(36,37)16-26)48(46,47)27-19-41-43(4)20-27/h6,8-12,17-20,25-26H,5,7,13-16,38H2,1-4H3/b21-17-,42-28?/t25-,33-/m0/s1. The second-order valence-electron chi connectivity index (χ2n) is 14.0. The van der Waals surface area contributed by atoms with E-state index in [2.05, 4.69) is 20.1 Å². The molecular weight excluding hydrogens is 643 g/mol. The van der Waals surface area contributed by atoms with Crippen molar-refractivity contribution in [2.45, 2.75) is 87.6 Å². The largest absolute Gasteiger partial charge is 0.404 e. The number of carbonyl (C=O) groups is 1. The smallest absolute Gasteiger partial charge is 0.251 e. The van der Waals surface area contributed by atoms with Gasteiger partial charge < -0.3 is 5.73 Å². The Bertz CT molecular complexity index is 1940. The number of hydrogen-bond donors (Lipinski definition) is 1. The molecule has 0 unspecified atom stereocenters. The average molecular weight is 682 g/mol. The van der Waals surface area contributed by atoms with Crippen molar-refractivity contribution < 1.29 is 26.4 Å². The van der Waals surface area contributed by atoms with Crippen LogP contribution in [0.15, 0.2) is 82.4 Å². The zero-order valence-electron chi connectivity index (χ0n) is 27.2. The Kier molecular flexibility index (Phi) is 8.47. The molecule has 2 N–H and O–H groups in total. The first-order valence-corrected chi connectivity index (χ1v) is 17.2. The van der Waals surface area contributed by atoms with Crippen molar-refractivity contribution >= 4 is 27.2 Å². The van der Waals surface area contributed by atoms with E-state index in [-0.39, 0.29) is 47.5 Å². The molecule has 0 amide bonds. The molecule has 3 heterocycles. The van der Waals surface area contributed by atoms with Crippen molar-refractivity contribution in [3.8, 4) is 0 Å². The van der Waals surface area contributed by atoms with E-state index in [9.17, 15) is 26.4 Å². The number of nitrogens with zero attached hydrogens (tertiary/aromatic N) is 6. The highest BCUT2D eigenvalue weighted by molar-refractivity contribution is 7.89. The number of aliphatic imine (C=N–C) groups is 1. The Labute approximate surface area is 277 Å². The van der Waals surface area contributed by atoms with E-state index in [1.807, 2.05) is 26.8 Å². The van der Waals surface area contributed by atoms with Gasteiger partial charge in [0.2, 0.25) is 16.0 Å². The molecular formula is C34H38F3N7O3S. The van der Waals surface area contributed by atoms with E-state index in [0.717, 1.165) is 5.56 Å². The number of aryl methyl sites for hydroxylation is 1. The summed E-state index contributed by atoms with van der Waals surface area (Å²) >= 11 is 0. The Morgan fingerprint density at radius 1 is 1.12 bits per heavy atom. The molecule has 6 rings (SSSR count). The summed E-state index contributed by atoms with van der Waals surface area (Å²) < 4.78 is 73.0. The summed E-state index contributed by atoms with van der Waals surface area (Å²) in [6.07, 6.45) is 8.00. The van der Waals surface area contributed by atoms with E-state index >= 15 is 0 Å². The van der Waals surface area contributed by atoms with Crippen molar-refractivity contribution in [2.24, 2.45) is 23.2 Å². The van der Waals surface area contributed by atoms with Gasteiger partial charge in [0, 0.05) is 44.4 Å². The first kappa shape index (κ1) is 33.7. The topological polar surface area (TPSA) is 136 Å². The SMILES string of the molecule is Cn1cc(S(=O)(=O)N(C2CC(F)(F)C2)[C@H]2CCC3=CC(=Nc4ccc(F)nc4)/C(=C\N)C[C@]3(C(=O)c3cc(C(C)(C)C)ccn3)C2)cn1. The minimum Gasteiger partial charge on any atom is -0.404 e. The Balaban J connectivity index is 1.48. The molecule has 2 saturated carbocycles. The molecule has 10 nitrogen and oxygen atoms in total. The highest BCUT2D eigenvalue weighted by Crippen LogP contribution is 2.54. The van der Waals surface area contributed by atoms with E-state index in [1.54, 1.807) is 25.4 Å². The first-order chi connectivity index (χ1) is 22.5. The minimum absolute atomic E-state index is 0.0172. The molecule has 0 aliphatic heterocycles. The van der Waals surface area contributed by atoms with Crippen molar-refractivity contribution in [1.82, 2.24) is 24.1 Å². The van der Waals surface area contributed by atoms with E-state index in [1.165, 1.54) is 45.9 Å². The van der Waals surface area contributed by atoms with Crippen LogP contribution >= 0.6 is 0 Å². The average Bonchev–Trinajstić information content (AvgIpc) is 3.47. The molecule has 3 aromatic rings. The number of carbonyl (C=O) groups excluding carboxylic acids is 1. The lowest BCUT2D eigenvalue weighted by atomic mass is 9.59. The van der Waals surface area contributed by atoms with Crippen LogP contribution in [0.25, 0.3) is 0 Å². The highest BCUT2D eigenvalue weighted by Gasteiger charge is 2.57. The summed E-state index contributed by atoms with van der Waals surface area (Å²) in [5, 5.41) is 4.02. The van der Waals surface area contributed by atoms with Gasteiger partial charge in [0.1, 0.15) is 10.6 Å². The fourth-order valence-corrected chi connectivity index (χ4v) is 8.87. The van der Waals surface area contributed by atoms with Crippen molar-refractivity contribution in [3.05, 3.63) is 89.7 Å². The summed E-state index contributed by atoms with van der Waals surface area (Å²) in [7, 11) is -2.70. The molecule has 0 radical (unpaired) electrons. The summed E-state index contributed by atoms with van der Waals surface area (Å²) in [4.78, 5) is 27.6. The van der Waals surface area contributed by atoms with Gasteiger partial charge in [0.15, 0.2) is 5.78 Å². The number of ketones is 1. The molecule has 0 spiro atoms. The molecule has 3 aliphatic carbocycles. The van der Waals surface area contributed by atoms with Crippen LogP contribution < -0.4 is 5.73 Å². The number of hydrogen-bond acceptors (Lipinski definition) is 8. The van der Waals surface area contributed by atoms with Crippen molar-refractivity contribution in [1.29, 1.82) is 0 Å². The molecule has 3 aliphatic rings. The molecule has 0 saturated heterocycles. The lowest BCUT2D eigenvalue weighted by Gasteiger charge is -2.51. The van der Waals surface area contributed by atoms with E-state index in [4.69, 9.17) is 5.73 Å². The van der Waals surface area contributed by atoms with Crippen LogP contribution in [0, 0.1) is 11.4 Å². The lowest BCUT2D eigenvalue weighted by Crippen LogP contribution is -2.59. The Hall–Kier alpha value is -4.17. The third-order valence-electron chi connectivity index (χ3n) is 9.58. The van der Waals surface area contributed by atoms with Crippen LogP contribution in [0.2, 0.25) is 0 Å². The molecule has 254 valence electrons. The Morgan fingerprint density at radius 2 is 1.88 bits per heavy atom. The maximum absolute atomic E-state index is 14.9. The number of sulfonamides is 1. The number of Topliss-reactive ketones (excluding diaryl/α,β-unsaturated/α-hetero) is 1. The second-order valence-corrected chi connectivity index (χ2v) is 15.8. The van der Waals surface area contributed by atoms with Crippen LogP contribution in [-0.4, -0.2) is 62.0 Å². The maximum atomic E-state index is 14.9. The third-order valence-corrected chi connectivity index (χ3v) is 11.5. The first-order valence-electron chi connectivity index (χ1n) is 15.8. The van der Waals surface area contributed by atoms with Gasteiger partial charge in [-0.05, 0) is 78.8 Å². The summed E-state index contributed by atoms with van der Waals surface area (Å²) in [6.45, 7) is 6.07. The normalized spacial score (nSPS) is 24.8. The maximum Gasteiger partial charge on any atom is 0.251 e. The number of allylic oxidation sites excluding steroid dienone is 3. The van der Waals surface area contributed by atoms with Gasteiger partial charge in [-0.1, -0.05) is 26.3 Å². The number of halogens is 3. The molecule has 48 heavy (non-hydrogen) atoms. The van der Waals surface area contributed by atoms with Gasteiger partial charge in [0.05, 0.1) is 29.2 Å². The highest BCUT2D eigenvalue weighted by atomic mass is 32.2. The summed E-state index contributed by atoms with van der Waals surface area (Å²) in [5.41, 5.74) is 7.75. The zero-order chi connectivity index (χ0) is 34.6. The van der Waals surface area contributed by atoms with Gasteiger partial charge in [-0.3, -0.25) is 14.5 Å². The summed E-state index contributed by atoms with van der Waals surface area (Å²) in [6, 6.07) is 4.53. The predicted octanol–water partition coefficient (Wildman–Crippen LogP) is 5.80. The molecule has 14 heteroatoms. The minimum atomic E-state index is -4.28. The number of aromatic nitrogens is 4. The molecule has 0 bridgehead atoms. The fourth-order valence-electron chi connectivity index (χ4n) is 7.04. The molecule has 3 aromatic heterocycles. The van der Waals surface area contributed by atoms with Crippen LogP contribution in [0.1, 0.15) is 75.3 Å². The van der Waals surface area contributed by atoms with E-state index in [0.29, 0.717) is 22.5 Å².